The van der Waals surface area contributed by atoms with Gasteiger partial charge in [0.2, 0.25) is 10.0 Å². The molecule has 0 amide bonds. The molecule has 0 unspecified atom stereocenters. The van der Waals surface area contributed by atoms with E-state index in [2.05, 4.69) is 23.5 Å². The lowest BCUT2D eigenvalue weighted by Gasteiger charge is -2.31. The molecule has 1 aromatic rings. The highest BCUT2D eigenvalue weighted by molar-refractivity contribution is 7.90. The molecule has 24 heavy (non-hydrogen) atoms. The van der Waals surface area contributed by atoms with Crippen molar-refractivity contribution in [3.63, 3.8) is 0 Å². The Morgan fingerprint density at radius 2 is 1.88 bits per heavy atom. The topological polar surface area (TPSA) is 58.6 Å². The third-order valence-corrected chi connectivity index (χ3v) is 6.46. The number of benzene rings is 1. The van der Waals surface area contributed by atoms with Crippen LogP contribution in [0.1, 0.15) is 38.8 Å². The van der Waals surface area contributed by atoms with E-state index in [-0.39, 0.29) is 6.04 Å². The Bertz CT molecular complexity index is 591. The van der Waals surface area contributed by atoms with Gasteiger partial charge in [0.1, 0.15) is 0 Å². The molecule has 0 aliphatic heterocycles. The Kier molecular flexibility index (Phi) is 9.23. The number of likely N-dealkylation sites (N-methyl/N-ethyl adjacent to an activating group) is 1. The predicted octanol–water partition coefficient (Wildman–Crippen LogP) is 3.07. The van der Waals surface area contributed by atoms with Crippen LogP contribution in [0.2, 0.25) is 5.02 Å². The zero-order chi connectivity index (χ0) is 18.2. The van der Waals surface area contributed by atoms with Crippen LogP contribution < -0.4 is 4.72 Å². The summed E-state index contributed by atoms with van der Waals surface area (Å²) < 4.78 is 32.6. The van der Waals surface area contributed by atoms with E-state index in [1.165, 1.54) is 0 Å². The number of rotatable bonds is 11. The van der Waals surface area contributed by atoms with Crippen LogP contribution in [-0.4, -0.2) is 51.9 Å². The minimum atomic E-state index is -3.40. The van der Waals surface area contributed by atoms with Crippen LogP contribution in [0.4, 0.5) is 0 Å². The maximum Gasteiger partial charge on any atom is 0.214 e. The average Bonchev–Trinajstić information content (AvgIpc) is 2.57. The van der Waals surface area contributed by atoms with Gasteiger partial charge in [0.05, 0.1) is 5.25 Å². The molecule has 138 valence electrons. The summed E-state index contributed by atoms with van der Waals surface area (Å²) in [5.74, 6) is 0. The minimum absolute atomic E-state index is 0.0990. The van der Waals surface area contributed by atoms with Crippen LogP contribution in [-0.2, 0) is 14.8 Å². The van der Waals surface area contributed by atoms with E-state index in [0.29, 0.717) is 24.6 Å². The van der Waals surface area contributed by atoms with Crippen LogP contribution in [0.3, 0.4) is 0 Å². The second-order valence-electron chi connectivity index (χ2n) is 5.74. The van der Waals surface area contributed by atoms with Crippen molar-refractivity contribution < 1.29 is 13.2 Å². The Balaban J connectivity index is 2.92. The molecule has 0 spiro atoms. The number of hydrogen-bond acceptors (Lipinski definition) is 4. The monoisotopic (exact) mass is 376 g/mol. The largest absolute Gasteiger partial charge is 0.385 e. The van der Waals surface area contributed by atoms with E-state index in [4.69, 9.17) is 16.3 Å². The molecule has 0 fully saturated rings. The normalized spacial score (nSPS) is 14.8. The zero-order valence-electron chi connectivity index (χ0n) is 15.0. The van der Waals surface area contributed by atoms with Crippen LogP contribution in [0, 0.1) is 0 Å². The second kappa shape index (κ2) is 10.4. The summed E-state index contributed by atoms with van der Waals surface area (Å²) in [5, 5.41) is 0.155. The van der Waals surface area contributed by atoms with E-state index >= 15 is 0 Å². The van der Waals surface area contributed by atoms with Crippen molar-refractivity contribution in [2.24, 2.45) is 0 Å². The van der Waals surface area contributed by atoms with E-state index in [1.807, 2.05) is 24.3 Å². The molecule has 0 aliphatic carbocycles. The van der Waals surface area contributed by atoms with Gasteiger partial charge < -0.3 is 4.74 Å². The number of halogens is 1. The predicted molar refractivity (Wildman–Crippen MR) is 100.0 cm³/mol. The molecule has 0 saturated carbocycles. The standard InChI is InChI=1S/C17H29ClN2O3S/c1-5-20(6-2)17(15-9-7-8-10-16(15)18)13-19-24(21,22)14(3)11-12-23-4/h7-10,14,17,19H,5-6,11-13H2,1-4H3/t14-,17-/m0/s1. The van der Waals surface area contributed by atoms with E-state index in [1.54, 1.807) is 14.0 Å². The van der Waals surface area contributed by atoms with Crippen LogP contribution in [0.5, 0.6) is 0 Å². The smallest absolute Gasteiger partial charge is 0.214 e. The van der Waals surface area contributed by atoms with E-state index in [9.17, 15) is 8.42 Å². The van der Waals surface area contributed by atoms with Crippen LogP contribution in [0.15, 0.2) is 24.3 Å². The first kappa shape index (κ1) is 21.4. The molecule has 0 bridgehead atoms. The van der Waals surface area contributed by atoms with Crippen LogP contribution >= 0.6 is 11.6 Å². The quantitative estimate of drug-likeness (QED) is 0.644. The van der Waals surface area contributed by atoms with Gasteiger partial charge in [-0.1, -0.05) is 43.6 Å². The fourth-order valence-electron chi connectivity index (χ4n) is 2.62. The van der Waals surface area contributed by atoms with Crippen molar-refractivity contribution in [2.45, 2.75) is 38.5 Å². The lowest BCUT2D eigenvalue weighted by molar-refractivity contribution is 0.194. The molecule has 0 aromatic heterocycles. The number of nitrogens with zero attached hydrogens (tertiary/aromatic N) is 1. The number of hydrogen-bond donors (Lipinski definition) is 1. The van der Waals surface area contributed by atoms with Gasteiger partial charge in [-0.25, -0.2) is 13.1 Å². The molecule has 0 aliphatic rings. The lowest BCUT2D eigenvalue weighted by atomic mass is 10.1. The second-order valence-corrected chi connectivity index (χ2v) is 8.33. The van der Waals surface area contributed by atoms with Crippen molar-refractivity contribution in [3.8, 4) is 0 Å². The number of sulfonamides is 1. The maximum absolute atomic E-state index is 12.4. The molecule has 1 aromatic carbocycles. The van der Waals surface area contributed by atoms with Gasteiger partial charge in [-0.2, -0.15) is 0 Å². The third kappa shape index (κ3) is 6.01. The van der Waals surface area contributed by atoms with Crippen molar-refractivity contribution >= 4 is 21.6 Å². The molecule has 0 heterocycles. The number of nitrogens with one attached hydrogen (secondary N) is 1. The Hall–Kier alpha value is -0.660. The van der Waals surface area contributed by atoms with Gasteiger partial charge in [-0.15, -0.1) is 0 Å². The van der Waals surface area contributed by atoms with Crippen molar-refractivity contribution in [1.82, 2.24) is 9.62 Å². The molecule has 5 nitrogen and oxygen atoms in total. The third-order valence-electron chi connectivity index (χ3n) is 4.25. The Labute approximate surface area is 151 Å². The Morgan fingerprint density at radius 1 is 1.25 bits per heavy atom. The van der Waals surface area contributed by atoms with Gasteiger partial charge in [0.25, 0.3) is 0 Å². The fraction of sp³-hybridized carbons (Fsp3) is 0.647. The first-order valence-corrected chi connectivity index (χ1v) is 10.3. The van der Waals surface area contributed by atoms with Crippen molar-refractivity contribution in [3.05, 3.63) is 34.9 Å². The zero-order valence-corrected chi connectivity index (χ0v) is 16.5. The molecule has 0 radical (unpaired) electrons. The lowest BCUT2D eigenvalue weighted by Crippen LogP contribution is -2.41. The van der Waals surface area contributed by atoms with Gasteiger partial charge in [0, 0.05) is 31.3 Å². The highest BCUT2D eigenvalue weighted by Gasteiger charge is 2.25. The first-order valence-electron chi connectivity index (χ1n) is 8.33. The van der Waals surface area contributed by atoms with Gasteiger partial charge in [0.15, 0.2) is 0 Å². The summed E-state index contributed by atoms with van der Waals surface area (Å²) >= 11 is 6.34. The van der Waals surface area contributed by atoms with Crippen molar-refractivity contribution in [1.29, 1.82) is 0 Å². The van der Waals surface area contributed by atoms with Gasteiger partial charge in [-0.3, -0.25) is 4.90 Å². The van der Waals surface area contributed by atoms with Crippen LogP contribution in [0.25, 0.3) is 0 Å². The fourth-order valence-corrected chi connectivity index (χ4v) is 3.96. The summed E-state index contributed by atoms with van der Waals surface area (Å²) in [6.45, 7) is 8.16. The van der Waals surface area contributed by atoms with Crippen molar-refractivity contribution in [2.75, 3.05) is 33.4 Å². The number of ether oxygens (including phenoxy) is 1. The summed E-state index contributed by atoms with van der Waals surface area (Å²) in [6, 6.07) is 7.49. The average molecular weight is 377 g/mol. The SMILES string of the molecule is CCN(CC)[C@@H](CNS(=O)(=O)[C@@H](C)CCOC)c1ccccc1Cl. The minimum Gasteiger partial charge on any atom is -0.385 e. The summed E-state index contributed by atoms with van der Waals surface area (Å²) in [7, 11) is -1.83. The first-order chi connectivity index (χ1) is 11.4. The summed E-state index contributed by atoms with van der Waals surface area (Å²) in [5.41, 5.74) is 0.940. The molecule has 2 atom stereocenters. The number of methoxy groups -OCH3 is 1. The molecular weight excluding hydrogens is 348 g/mol. The molecule has 7 heteroatoms. The summed E-state index contributed by atoms with van der Waals surface area (Å²) in [4.78, 5) is 2.20. The van der Waals surface area contributed by atoms with Gasteiger partial charge in [-0.05, 0) is 38.1 Å². The maximum atomic E-state index is 12.4. The van der Waals surface area contributed by atoms with Gasteiger partial charge >= 0.3 is 0 Å². The molecule has 1 rings (SSSR count). The summed E-state index contributed by atoms with van der Waals surface area (Å²) in [6.07, 6.45) is 0.466. The molecular formula is C17H29ClN2O3S. The molecule has 1 N–H and O–H groups in total. The Morgan fingerprint density at radius 3 is 2.42 bits per heavy atom. The molecule has 0 saturated heterocycles. The van der Waals surface area contributed by atoms with E-state index in [0.717, 1.165) is 18.7 Å². The highest BCUT2D eigenvalue weighted by Crippen LogP contribution is 2.27. The van der Waals surface area contributed by atoms with E-state index < -0.39 is 15.3 Å². The highest BCUT2D eigenvalue weighted by atomic mass is 35.5.